The summed E-state index contributed by atoms with van der Waals surface area (Å²) < 4.78 is 17.3. The van der Waals surface area contributed by atoms with Gasteiger partial charge in [-0.2, -0.15) is 0 Å². The van der Waals surface area contributed by atoms with Gasteiger partial charge in [0.1, 0.15) is 0 Å². The SMILES string of the molecule is COC(=O)/C=C/CC1OC1(CC1=CC(O[Si](C)(C)C(C)(C)C)CC1=O)[Si](C)(C)C. The molecule has 29 heavy (non-hydrogen) atoms. The van der Waals surface area contributed by atoms with Crippen molar-refractivity contribution >= 4 is 28.1 Å². The molecule has 164 valence electrons. The Bertz CT molecular complexity index is 712. The first-order valence-corrected chi connectivity index (χ1v) is 16.9. The Kier molecular flexibility index (Phi) is 6.89. The predicted octanol–water partition coefficient (Wildman–Crippen LogP) is 4.80. The van der Waals surface area contributed by atoms with Crippen LogP contribution in [0, 0.1) is 0 Å². The largest absolute Gasteiger partial charge is 0.466 e. The van der Waals surface area contributed by atoms with Crippen LogP contribution in [0.15, 0.2) is 23.8 Å². The molecule has 0 N–H and O–H groups in total. The Hall–Kier alpha value is -1.03. The fraction of sp³-hybridized carbons (Fsp3) is 0.727. The molecule has 1 aliphatic carbocycles. The minimum absolute atomic E-state index is 0.0455. The Labute approximate surface area is 178 Å². The lowest BCUT2D eigenvalue weighted by molar-refractivity contribution is -0.134. The van der Waals surface area contributed by atoms with Crippen LogP contribution in [0.1, 0.15) is 40.0 Å². The second-order valence-corrected chi connectivity index (χ2v) is 20.9. The lowest BCUT2D eigenvalue weighted by atomic mass is 10.1. The van der Waals surface area contributed by atoms with Crippen LogP contribution in [0.3, 0.4) is 0 Å². The third kappa shape index (κ3) is 5.37. The van der Waals surface area contributed by atoms with E-state index in [1.807, 2.05) is 12.2 Å². The van der Waals surface area contributed by atoms with E-state index in [1.54, 1.807) is 0 Å². The van der Waals surface area contributed by atoms with Crippen molar-refractivity contribution < 1.29 is 23.5 Å². The zero-order valence-electron chi connectivity index (χ0n) is 19.5. The topological polar surface area (TPSA) is 65.1 Å². The highest BCUT2D eigenvalue weighted by molar-refractivity contribution is 6.80. The Morgan fingerprint density at radius 1 is 1.28 bits per heavy atom. The Morgan fingerprint density at radius 3 is 2.41 bits per heavy atom. The van der Waals surface area contributed by atoms with Crippen LogP contribution in [-0.2, 0) is 23.5 Å². The maximum atomic E-state index is 12.8. The second kappa shape index (κ2) is 8.25. The van der Waals surface area contributed by atoms with Gasteiger partial charge in [0.15, 0.2) is 14.1 Å². The average molecular weight is 439 g/mol. The zero-order valence-corrected chi connectivity index (χ0v) is 21.5. The fourth-order valence-corrected chi connectivity index (χ4v) is 7.22. The fourth-order valence-electron chi connectivity index (χ4n) is 3.66. The summed E-state index contributed by atoms with van der Waals surface area (Å²) in [7, 11) is -2.27. The number of esters is 1. The normalized spacial score (nSPS) is 28.0. The molecule has 0 spiro atoms. The van der Waals surface area contributed by atoms with Gasteiger partial charge in [-0.05, 0) is 36.2 Å². The molecule has 1 aliphatic heterocycles. The molecule has 2 rings (SSSR count). The highest BCUT2D eigenvalue weighted by Gasteiger charge is 2.63. The molecule has 0 radical (unpaired) electrons. The number of carbonyl (C=O) groups is 2. The molecule has 0 bridgehead atoms. The van der Waals surface area contributed by atoms with E-state index in [9.17, 15) is 9.59 Å². The molecule has 5 nitrogen and oxygen atoms in total. The highest BCUT2D eigenvalue weighted by Crippen LogP contribution is 2.51. The molecule has 0 amide bonds. The molecule has 0 aromatic heterocycles. The third-order valence-corrected chi connectivity index (χ3v) is 14.4. The first-order chi connectivity index (χ1) is 13.1. The van der Waals surface area contributed by atoms with Crippen molar-refractivity contribution in [2.75, 3.05) is 7.11 Å². The number of epoxide rings is 1. The summed E-state index contributed by atoms with van der Waals surface area (Å²) in [5, 5.41) is -0.149. The van der Waals surface area contributed by atoms with E-state index in [1.165, 1.54) is 13.2 Å². The molecular formula is C22H38O5Si2. The van der Waals surface area contributed by atoms with Crippen molar-refractivity contribution in [3.8, 4) is 0 Å². The first kappa shape index (κ1) is 24.2. The van der Waals surface area contributed by atoms with Gasteiger partial charge in [-0.1, -0.05) is 46.5 Å². The maximum absolute atomic E-state index is 12.8. The number of methoxy groups -OCH3 is 1. The summed E-state index contributed by atoms with van der Waals surface area (Å²) in [5.41, 5.74) is 0.857. The third-order valence-electron chi connectivity index (χ3n) is 6.73. The summed E-state index contributed by atoms with van der Waals surface area (Å²) in [4.78, 5) is 24.1. The summed E-state index contributed by atoms with van der Waals surface area (Å²) in [6, 6.07) is 0. The Morgan fingerprint density at radius 2 is 1.90 bits per heavy atom. The molecule has 1 fully saturated rings. The summed E-state index contributed by atoms with van der Waals surface area (Å²) >= 11 is 0. The summed E-state index contributed by atoms with van der Waals surface area (Å²) in [6.45, 7) is 17.9. The molecule has 3 atom stereocenters. The van der Waals surface area contributed by atoms with Crippen LogP contribution in [0.5, 0.6) is 0 Å². The lowest BCUT2D eigenvalue weighted by Crippen LogP contribution is -2.44. The number of hydrogen-bond donors (Lipinski definition) is 0. The van der Waals surface area contributed by atoms with E-state index in [0.29, 0.717) is 19.3 Å². The second-order valence-electron chi connectivity index (χ2n) is 10.8. The molecule has 1 saturated heterocycles. The summed E-state index contributed by atoms with van der Waals surface area (Å²) in [6.07, 6.45) is 6.98. The van der Waals surface area contributed by atoms with Crippen molar-refractivity contribution in [1.82, 2.24) is 0 Å². The quantitative estimate of drug-likeness (QED) is 0.236. The number of hydrogen-bond acceptors (Lipinski definition) is 5. The molecule has 0 saturated carbocycles. The average Bonchev–Trinajstić information content (AvgIpc) is 3.16. The number of ether oxygens (including phenoxy) is 2. The zero-order chi connectivity index (χ0) is 22.3. The minimum Gasteiger partial charge on any atom is -0.466 e. The monoisotopic (exact) mass is 438 g/mol. The van der Waals surface area contributed by atoms with Gasteiger partial charge in [0.25, 0.3) is 0 Å². The van der Waals surface area contributed by atoms with Gasteiger partial charge in [-0.15, -0.1) is 0 Å². The van der Waals surface area contributed by atoms with Crippen LogP contribution in [0.4, 0.5) is 0 Å². The molecule has 2 aliphatic rings. The minimum atomic E-state index is -1.93. The van der Waals surface area contributed by atoms with E-state index in [-0.39, 0.29) is 34.2 Å². The van der Waals surface area contributed by atoms with E-state index in [0.717, 1.165) is 5.57 Å². The van der Waals surface area contributed by atoms with Crippen molar-refractivity contribution in [2.45, 2.75) is 95.2 Å². The van der Waals surface area contributed by atoms with Gasteiger partial charge < -0.3 is 13.9 Å². The number of ketones is 1. The van der Waals surface area contributed by atoms with Gasteiger partial charge >= 0.3 is 5.97 Å². The molecule has 3 unspecified atom stereocenters. The molecule has 0 aromatic carbocycles. The van der Waals surface area contributed by atoms with Crippen molar-refractivity contribution in [3.63, 3.8) is 0 Å². The van der Waals surface area contributed by atoms with Gasteiger partial charge in [-0.3, -0.25) is 4.79 Å². The van der Waals surface area contributed by atoms with Crippen LogP contribution >= 0.6 is 0 Å². The van der Waals surface area contributed by atoms with E-state index < -0.39 is 16.4 Å². The standard InChI is InChI=1S/C22H38O5Si2/c1-21(2,3)29(8,9)27-17-13-16(18(23)14-17)15-22(28(5,6)7)19(26-22)11-10-12-20(24)25-4/h10,12-13,17,19H,11,14-15H2,1-9H3/b12-10+. The molecule has 7 heteroatoms. The van der Waals surface area contributed by atoms with Crippen molar-refractivity contribution in [1.29, 1.82) is 0 Å². The molecule has 0 aromatic rings. The van der Waals surface area contributed by atoms with Crippen molar-refractivity contribution in [3.05, 3.63) is 23.8 Å². The van der Waals surface area contributed by atoms with Crippen LogP contribution < -0.4 is 0 Å². The van der Waals surface area contributed by atoms with Gasteiger partial charge in [-0.25, -0.2) is 4.79 Å². The van der Waals surface area contributed by atoms with Gasteiger partial charge in [0.05, 0.1) is 32.6 Å². The highest BCUT2D eigenvalue weighted by atomic mass is 28.4. The van der Waals surface area contributed by atoms with Crippen LogP contribution in [0.2, 0.25) is 37.8 Å². The molecule has 1 heterocycles. The Balaban J connectivity index is 2.11. The number of rotatable bonds is 8. The van der Waals surface area contributed by atoms with E-state index in [4.69, 9.17) is 9.16 Å². The van der Waals surface area contributed by atoms with Crippen molar-refractivity contribution in [2.24, 2.45) is 0 Å². The number of Topliss-reactive ketones (excluding diaryl/α,β-unsaturated/α-hetero) is 1. The first-order valence-electron chi connectivity index (χ1n) is 10.5. The lowest BCUT2D eigenvalue weighted by Gasteiger charge is -2.37. The smallest absolute Gasteiger partial charge is 0.330 e. The predicted molar refractivity (Wildman–Crippen MR) is 121 cm³/mol. The number of carbonyl (C=O) groups excluding carboxylic acids is 2. The summed E-state index contributed by atoms with van der Waals surface area (Å²) in [5.74, 6) is -0.172. The van der Waals surface area contributed by atoms with Gasteiger partial charge in [0, 0.05) is 18.9 Å². The van der Waals surface area contributed by atoms with E-state index >= 15 is 0 Å². The van der Waals surface area contributed by atoms with Gasteiger partial charge in [0.2, 0.25) is 0 Å². The molecular weight excluding hydrogens is 400 g/mol. The van der Waals surface area contributed by atoms with E-state index in [2.05, 4.69) is 58.2 Å². The van der Waals surface area contributed by atoms with Crippen LogP contribution in [0.25, 0.3) is 0 Å². The van der Waals surface area contributed by atoms with Crippen LogP contribution in [-0.4, -0.2) is 52.7 Å². The maximum Gasteiger partial charge on any atom is 0.330 e.